The van der Waals surface area contributed by atoms with E-state index in [2.05, 4.69) is 0 Å². The number of carbonyl (C=O) groups is 1. The standard InChI is InChI=1S/C25H24O5/c1-27-20-13-19(14-21(15-20)28-2)25(26)24-18(11-10-17-8-6-5-7-9-17)12-22(29-3)16-23(24)30-4/h5-16H,1-4H3/b11-10+. The minimum atomic E-state index is -0.209. The van der Waals surface area contributed by atoms with Crippen molar-refractivity contribution >= 4 is 17.9 Å². The van der Waals surface area contributed by atoms with E-state index in [9.17, 15) is 4.79 Å². The molecule has 0 fully saturated rings. The van der Waals surface area contributed by atoms with Gasteiger partial charge in [-0.1, -0.05) is 42.5 Å². The van der Waals surface area contributed by atoms with Crippen molar-refractivity contribution in [3.63, 3.8) is 0 Å². The average molecular weight is 404 g/mol. The van der Waals surface area contributed by atoms with E-state index in [-0.39, 0.29) is 5.78 Å². The van der Waals surface area contributed by atoms with Crippen LogP contribution < -0.4 is 18.9 Å². The van der Waals surface area contributed by atoms with Gasteiger partial charge in [0.25, 0.3) is 0 Å². The Balaban J connectivity index is 2.15. The van der Waals surface area contributed by atoms with Gasteiger partial charge in [-0.25, -0.2) is 0 Å². The van der Waals surface area contributed by atoms with Crippen LogP contribution in [0, 0.1) is 0 Å². The second-order valence-electron chi connectivity index (χ2n) is 6.47. The SMILES string of the molecule is COc1cc(OC)cc(C(=O)c2c(/C=C/c3ccccc3)cc(OC)cc2OC)c1. The normalized spacial score (nSPS) is 10.7. The number of hydrogen-bond acceptors (Lipinski definition) is 5. The summed E-state index contributed by atoms with van der Waals surface area (Å²) in [4.78, 5) is 13.5. The fourth-order valence-corrected chi connectivity index (χ4v) is 3.10. The fraction of sp³-hybridized carbons (Fsp3) is 0.160. The fourth-order valence-electron chi connectivity index (χ4n) is 3.10. The Morgan fingerprint density at radius 1 is 0.700 bits per heavy atom. The molecule has 0 saturated heterocycles. The second kappa shape index (κ2) is 9.65. The molecule has 0 saturated carbocycles. The van der Waals surface area contributed by atoms with Gasteiger partial charge >= 0.3 is 0 Å². The van der Waals surface area contributed by atoms with Gasteiger partial charge in [-0.3, -0.25) is 4.79 Å². The summed E-state index contributed by atoms with van der Waals surface area (Å²) in [6.07, 6.45) is 3.82. The van der Waals surface area contributed by atoms with Crippen LogP contribution in [0.3, 0.4) is 0 Å². The maximum atomic E-state index is 13.5. The van der Waals surface area contributed by atoms with Gasteiger partial charge in [-0.05, 0) is 29.3 Å². The van der Waals surface area contributed by atoms with Crippen LogP contribution in [0.1, 0.15) is 27.0 Å². The first kappa shape index (κ1) is 21.0. The van der Waals surface area contributed by atoms with Gasteiger partial charge in [-0.15, -0.1) is 0 Å². The molecular weight excluding hydrogens is 380 g/mol. The summed E-state index contributed by atoms with van der Waals surface area (Å²) in [5.74, 6) is 1.88. The summed E-state index contributed by atoms with van der Waals surface area (Å²) < 4.78 is 21.6. The van der Waals surface area contributed by atoms with Gasteiger partial charge in [-0.2, -0.15) is 0 Å². The molecule has 0 bridgehead atoms. The third-order valence-corrected chi connectivity index (χ3v) is 4.66. The van der Waals surface area contributed by atoms with Gasteiger partial charge in [0.05, 0.1) is 34.0 Å². The number of methoxy groups -OCH3 is 4. The van der Waals surface area contributed by atoms with Crippen molar-refractivity contribution in [2.75, 3.05) is 28.4 Å². The molecule has 0 aliphatic heterocycles. The minimum absolute atomic E-state index is 0.209. The molecule has 0 atom stereocenters. The second-order valence-corrected chi connectivity index (χ2v) is 6.47. The summed E-state index contributed by atoms with van der Waals surface area (Å²) in [7, 11) is 6.20. The number of hydrogen-bond donors (Lipinski definition) is 0. The summed E-state index contributed by atoms with van der Waals surface area (Å²) >= 11 is 0. The van der Waals surface area contributed by atoms with Crippen molar-refractivity contribution in [1.82, 2.24) is 0 Å². The van der Waals surface area contributed by atoms with E-state index in [0.29, 0.717) is 39.7 Å². The number of ketones is 1. The zero-order valence-corrected chi connectivity index (χ0v) is 17.5. The van der Waals surface area contributed by atoms with Gasteiger partial charge < -0.3 is 18.9 Å². The first-order valence-electron chi connectivity index (χ1n) is 9.36. The van der Waals surface area contributed by atoms with Crippen LogP contribution in [0.5, 0.6) is 23.0 Å². The molecule has 30 heavy (non-hydrogen) atoms. The van der Waals surface area contributed by atoms with Crippen molar-refractivity contribution in [3.8, 4) is 23.0 Å². The lowest BCUT2D eigenvalue weighted by molar-refractivity contribution is 0.103. The Morgan fingerprint density at radius 2 is 1.30 bits per heavy atom. The molecule has 0 N–H and O–H groups in total. The summed E-state index contributed by atoms with van der Waals surface area (Å²) in [5, 5.41) is 0. The largest absolute Gasteiger partial charge is 0.497 e. The molecule has 3 aromatic rings. The van der Waals surface area contributed by atoms with Crippen molar-refractivity contribution < 1.29 is 23.7 Å². The Morgan fingerprint density at radius 3 is 1.87 bits per heavy atom. The van der Waals surface area contributed by atoms with Crippen LogP contribution in [0.2, 0.25) is 0 Å². The highest BCUT2D eigenvalue weighted by Crippen LogP contribution is 2.33. The number of benzene rings is 3. The van der Waals surface area contributed by atoms with Gasteiger partial charge in [0.1, 0.15) is 23.0 Å². The Kier molecular flexibility index (Phi) is 6.75. The summed E-state index contributed by atoms with van der Waals surface area (Å²) in [5.41, 5.74) is 2.56. The van der Waals surface area contributed by atoms with Gasteiger partial charge in [0, 0.05) is 17.7 Å². The van der Waals surface area contributed by atoms with Crippen molar-refractivity contribution in [2.45, 2.75) is 0 Å². The molecule has 5 nitrogen and oxygen atoms in total. The molecule has 3 rings (SSSR count). The van der Waals surface area contributed by atoms with Crippen molar-refractivity contribution in [1.29, 1.82) is 0 Å². The monoisotopic (exact) mass is 404 g/mol. The molecule has 0 amide bonds. The molecule has 0 radical (unpaired) electrons. The van der Waals surface area contributed by atoms with Gasteiger partial charge in [0.2, 0.25) is 0 Å². The maximum absolute atomic E-state index is 13.5. The molecule has 0 aliphatic carbocycles. The van der Waals surface area contributed by atoms with E-state index < -0.39 is 0 Å². The predicted molar refractivity (Wildman–Crippen MR) is 118 cm³/mol. The van der Waals surface area contributed by atoms with Crippen LogP contribution in [0.4, 0.5) is 0 Å². The Hall–Kier alpha value is -3.73. The third kappa shape index (κ3) is 4.63. The topological polar surface area (TPSA) is 54.0 Å². The quantitative estimate of drug-likeness (QED) is 0.385. The number of carbonyl (C=O) groups excluding carboxylic acids is 1. The lowest BCUT2D eigenvalue weighted by Gasteiger charge is -2.14. The zero-order valence-electron chi connectivity index (χ0n) is 17.5. The highest BCUT2D eigenvalue weighted by Gasteiger charge is 2.21. The van der Waals surface area contributed by atoms with Gasteiger partial charge in [0.15, 0.2) is 5.78 Å². The lowest BCUT2D eigenvalue weighted by atomic mass is 9.95. The molecule has 0 spiro atoms. The summed E-state index contributed by atoms with van der Waals surface area (Å²) in [6.45, 7) is 0. The highest BCUT2D eigenvalue weighted by molar-refractivity contribution is 6.13. The molecule has 154 valence electrons. The zero-order chi connectivity index (χ0) is 21.5. The molecule has 5 heteroatoms. The van der Waals surface area contributed by atoms with E-state index in [1.165, 1.54) is 7.11 Å². The summed E-state index contributed by atoms with van der Waals surface area (Å²) in [6, 6.07) is 18.4. The van der Waals surface area contributed by atoms with E-state index in [1.807, 2.05) is 48.6 Å². The minimum Gasteiger partial charge on any atom is -0.497 e. The first-order chi connectivity index (χ1) is 14.6. The molecule has 0 aliphatic rings. The van der Waals surface area contributed by atoms with E-state index in [0.717, 1.165) is 5.56 Å². The molecule has 0 unspecified atom stereocenters. The van der Waals surface area contributed by atoms with E-state index in [1.54, 1.807) is 45.6 Å². The van der Waals surface area contributed by atoms with Crippen LogP contribution in [0.15, 0.2) is 60.7 Å². The van der Waals surface area contributed by atoms with Crippen molar-refractivity contribution in [3.05, 3.63) is 82.9 Å². The molecular formula is C25H24O5. The van der Waals surface area contributed by atoms with Crippen LogP contribution in [-0.4, -0.2) is 34.2 Å². The number of rotatable bonds is 8. The smallest absolute Gasteiger partial charge is 0.197 e. The van der Waals surface area contributed by atoms with Crippen LogP contribution in [0.25, 0.3) is 12.2 Å². The number of ether oxygens (including phenoxy) is 4. The van der Waals surface area contributed by atoms with E-state index >= 15 is 0 Å². The molecule has 0 aromatic heterocycles. The lowest BCUT2D eigenvalue weighted by Crippen LogP contribution is -2.08. The maximum Gasteiger partial charge on any atom is 0.197 e. The average Bonchev–Trinajstić information content (AvgIpc) is 2.81. The van der Waals surface area contributed by atoms with Crippen LogP contribution in [-0.2, 0) is 0 Å². The predicted octanol–water partition coefficient (Wildman–Crippen LogP) is 5.12. The van der Waals surface area contributed by atoms with Crippen molar-refractivity contribution in [2.24, 2.45) is 0 Å². The van der Waals surface area contributed by atoms with Crippen LogP contribution >= 0.6 is 0 Å². The Bertz CT molecular complexity index is 1030. The first-order valence-corrected chi connectivity index (χ1v) is 9.36. The Labute approximate surface area is 176 Å². The molecule has 3 aromatic carbocycles. The molecule has 0 heterocycles. The third-order valence-electron chi connectivity index (χ3n) is 4.66. The highest BCUT2D eigenvalue weighted by atomic mass is 16.5. The van der Waals surface area contributed by atoms with E-state index in [4.69, 9.17) is 18.9 Å².